The maximum absolute atomic E-state index is 5.59. The van der Waals surface area contributed by atoms with Gasteiger partial charge in [0.2, 0.25) is 0 Å². The highest BCUT2D eigenvalue weighted by Gasteiger charge is 2.35. The van der Waals surface area contributed by atoms with Crippen molar-refractivity contribution in [3.8, 4) is 0 Å². The van der Waals surface area contributed by atoms with E-state index in [1.54, 1.807) is 6.26 Å². The molecule has 0 aliphatic carbocycles. The number of hydrogen-bond acceptors (Lipinski definition) is 3. The second-order valence-electron chi connectivity index (χ2n) is 5.58. The Kier molecular flexibility index (Phi) is 4.24. The molecular weight excluding hydrogens is 214 g/mol. The van der Waals surface area contributed by atoms with Crippen molar-refractivity contribution in [1.29, 1.82) is 0 Å². The lowest BCUT2D eigenvalue weighted by Gasteiger charge is -2.27. The summed E-state index contributed by atoms with van der Waals surface area (Å²) in [4.78, 5) is 0. The Bertz CT molecular complexity index is 313. The van der Waals surface area contributed by atoms with Crippen molar-refractivity contribution in [3.05, 3.63) is 24.2 Å². The molecule has 1 aromatic heterocycles. The van der Waals surface area contributed by atoms with Gasteiger partial charge in [-0.25, -0.2) is 0 Å². The number of rotatable bonds is 6. The molecule has 3 nitrogen and oxygen atoms in total. The largest absolute Gasteiger partial charge is 0.469 e. The van der Waals surface area contributed by atoms with Crippen molar-refractivity contribution in [2.24, 2.45) is 11.3 Å². The molecule has 0 aromatic carbocycles. The lowest BCUT2D eigenvalue weighted by molar-refractivity contribution is 0.145. The number of nitrogens with one attached hydrogen (secondary N) is 1. The molecule has 0 spiro atoms. The zero-order valence-corrected chi connectivity index (χ0v) is 10.9. The van der Waals surface area contributed by atoms with Crippen LogP contribution in [-0.2, 0) is 11.2 Å². The molecular formula is C14H23NO2. The summed E-state index contributed by atoms with van der Waals surface area (Å²) in [6.07, 6.45) is 3.85. The van der Waals surface area contributed by atoms with E-state index in [9.17, 15) is 0 Å². The standard InChI is InChI=1S/C14H23NO2/c1-12(2)9-15-10-14(5-7-16-11-14)8-13-4-3-6-17-13/h3-4,6,12,15H,5,7-11H2,1-2H3. The minimum atomic E-state index is 0.229. The first kappa shape index (κ1) is 12.7. The van der Waals surface area contributed by atoms with Gasteiger partial charge in [-0.05, 0) is 31.0 Å². The van der Waals surface area contributed by atoms with Crippen LogP contribution in [0.4, 0.5) is 0 Å². The molecule has 1 aliphatic heterocycles. The smallest absolute Gasteiger partial charge is 0.104 e. The molecule has 0 amide bonds. The van der Waals surface area contributed by atoms with Crippen LogP contribution in [0, 0.1) is 11.3 Å². The SMILES string of the molecule is CC(C)CNCC1(Cc2ccco2)CCOC1. The van der Waals surface area contributed by atoms with Gasteiger partial charge in [-0.1, -0.05) is 13.8 Å². The van der Waals surface area contributed by atoms with Gasteiger partial charge in [-0.2, -0.15) is 0 Å². The number of furan rings is 1. The molecule has 1 N–H and O–H groups in total. The summed E-state index contributed by atoms with van der Waals surface area (Å²) in [5.41, 5.74) is 0.229. The number of ether oxygens (including phenoxy) is 1. The van der Waals surface area contributed by atoms with Crippen LogP contribution in [0.3, 0.4) is 0 Å². The zero-order chi connectivity index (χ0) is 12.1. The van der Waals surface area contributed by atoms with Crippen molar-refractivity contribution in [2.45, 2.75) is 26.7 Å². The summed E-state index contributed by atoms with van der Waals surface area (Å²) in [6, 6.07) is 4.02. The van der Waals surface area contributed by atoms with Gasteiger partial charge in [-0.15, -0.1) is 0 Å². The average Bonchev–Trinajstić information content (AvgIpc) is 2.90. The molecule has 1 unspecified atom stereocenters. The Balaban J connectivity index is 1.90. The van der Waals surface area contributed by atoms with E-state index in [2.05, 4.69) is 25.2 Å². The van der Waals surface area contributed by atoms with Crippen LogP contribution in [0.15, 0.2) is 22.8 Å². The second-order valence-corrected chi connectivity index (χ2v) is 5.58. The van der Waals surface area contributed by atoms with Gasteiger partial charge >= 0.3 is 0 Å². The fraction of sp³-hybridized carbons (Fsp3) is 0.714. The van der Waals surface area contributed by atoms with Crippen molar-refractivity contribution < 1.29 is 9.15 Å². The van der Waals surface area contributed by atoms with Gasteiger partial charge in [0.1, 0.15) is 5.76 Å². The Morgan fingerprint density at radius 2 is 2.35 bits per heavy atom. The van der Waals surface area contributed by atoms with Gasteiger partial charge in [-0.3, -0.25) is 0 Å². The summed E-state index contributed by atoms with van der Waals surface area (Å²) in [6.45, 7) is 8.28. The fourth-order valence-electron chi connectivity index (χ4n) is 2.40. The molecule has 0 saturated carbocycles. The van der Waals surface area contributed by atoms with Crippen molar-refractivity contribution in [2.75, 3.05) is 26.3 Å². The van der Waals surface area contributed by atoms with E-state index in [0.717, 1.165) is 44.9 Å². The van der Waals surface area contributed by atoms with Gasteiger partial charge in [0.15, 0.2) is 0 Å². The van der Waals surface area contributed by atoms with E-state index in [4.69, 9.17) is 9.15 Å². The predicted molar refractivity (Wildman–Crippen MR) is 68.0 cm³/mol. The zero-order valence-electron chi connectivity index (χ0n) is 10.9. The molecule has 1 fully saturated rings. The highest BCUT2D eigenvalue weighted by molar-refractivity contribution is 5.04. The van der Waals surface area contributed by atoms with E-state index in [-0.39, 0.29) is 5.41 Å². The van der Waals surface area contributed by atoms with Gasteiger partial charge in [0.05, 0.1) is 12.9 Å². The highest BCUT2D eigenvalue weighted by atomic mass is 16.5. The highest BCUT2D eigenvalue weighted by Crippen LogP contribution is 2.32. The van der Waals surface area contributed by atoms with E-state index in [1.807, 2.05) is 6.07 Å². The van der Waals surface area contributed by atoms with Crippen LogP contribution in [0.25, 0.3) is 0 Å². The first-order valence-electron chi connectivity index (χ1n) is 6.51. The Hall–Kier alpha value is -0.800. The molecule has 3 heteroatoms. The third kappa shape index (κ3) is 3.58. The first-order valence-corrected chi connectivity index (χ1v) is 6.51. The Morgan fingerprint density at radius 3 is 2.94 bits per heavy atom. The van der Waals surface area contributed by atoms with E-state index >= 15 is 0 Å². The first-order chi connectivity index (χ1) is 8.20. The van der Waals surface area contributed by atoms with Crippen LogP contribution in [0.1, 0.15) is 26.0 Å². The summed E-state index contributed by atoms with van der Waals surface area (Å²) < 4.78 is 11.0. The van der Waals surface area contributed by atoms with E-state index < -0.39 is 0 Å². The lowest BCUT2D eigenvalue weighted by Crippen LogP contribution is -2.38. The van der Waals surface area contributed by atoms with Gasteiger partial charge in [0.25, 0.3) is 0 Å². The third-order valence-electron chi connectivity index (χ3n) is 3.37. The molecule has 17 heavy (non-hydrogen) atoms. The maximum Gasteiger partial charge on any atom is 0.104 e. The topological polar surface area (TPSA) is 34.4 Å². The monoisotopic (exact) mass is 237 g/mol. The van der Waals surface area contributed by atoms with Crippen molar-refractivity contribution >= 4 is 0 Å². The predicted octanol–water partition coefficient (Wildman–Crippen LogP) is 2.47. The molecule has 1 saturated heterocycles. The molecule has 1 aromatic rings. The molecule has 1 atom stereocenters. The van der Waals surface area contributed by atoms with Crippen LogP contribution >= 0.6 is 0 Å². The Morgan fingerprint density at radius 1 is 1.47 bits per heavy atom. The summed E-state index contributed by atoms with van der Waals surface area (Å²) >= 11 is 0. The minimum Gasteiger partial charge on any atom is -0.469 e. The van der Waals surface area contributed by atoms with Crippen LogP contribution < -0.4 is 5.32 Å². The molecule has 0 radical (unpaired) electrons. The lowest BCUT2D eigenvalue weighted by atomic mass is 9.82. The minimum absolute atomic E-state index is 0.229. The third-order valence-corrected chi connectivity index (χ3v) is 3.37. The number of hydrogen-bond donors (Lipinski definition) is 1. The normalized spacial score (nSPS) is 24.6. The van der Waals surface area contributed by atoms with Crippen molar-refractivity contribution in [3.63, 3.8) is 0 Å². The average molecular weight is 237 g/mol. The van der Waals surface area contributed by atoms with Crippen LogP contribution in [-0.4, -0.2) is 26.3 Å². The van der Waals surface area contributed by atoms with Crippen LogP contribution in [0.2, 0.25) is 0 Å². The van der Waals surface area contributed by atoms with Crippen LogP contribution in [0.5, 0.6) is 0 Å². The second kappa shape index (κ2) is 5.69. The Labute approximate surface area is 104 Å². The van der Waals surface area contributed by atoms with Gasteiger partial charge in [0, 0.05) is 25.0 Å². The van der Waals surface area contributed by atoms with Crippen molar-refractivity contribution in [1.82, 2.24) is 5.32 Å². The summed E-state index contributed by atoms with van der Waals surface area (Å²) in [7, 11) is 0. The van der Waals surface area contributed by atoms with E-state index in [1.165, 1.54) is 0 Å². The van der Waals surface area contributed by atoms with Gasteiger partial charge < -0.3 is 14.5 Å². The molecule has 96 valence electrons. The van der Waals surface area contributed by atoms with E-state index in [0.29, 0.717) is 5.92 Å². The summed E-state index contributed by atoms with van der Waals surface area (Å²) in [5, 5.41) is 3.56. The molecule has 0 bridgehead atoms. The molecule has 2 rings (SSSR count). The summed E-state index contributed by atoms with van der Waals surface area (Å²) in [5.74, 6) is 1.76. The quantitative estimate of drug-likeness (QED) is 0.825. The molecule has 1 aliphatic rings. The fourth-order valence-corrected chi connectivity index (χ4v) is 2.40. The maximum atomic E-state index is 5.59. The molecule has 2 heterocycles.